The average Bonchev–Trinajstić information content (AvgIpc) is 3.19. The lowest BCUT2D eigenvalue weighted by Crippen LogP contribution is -2.60. The summed E-state index contributed by atoms with van der Waals surface area (Å²) in [5, 5.41) is -0.0577. The number of rotatable bonds is 5. The van der Waals surface area contributed by atoms with E-state index in [1.807, 2.05) is 36.7 Å². The van der Waals surface area contributed by atoms with Gasteiger partial charge in [0.25, 0.3) is 0 Å². The summed E-state index contributed by atoms with van der Waals surface area (Å²) in [5.74, 6) is 1.06. The highest BCUT2D eigenvalue weighted by atomic mass is 32.2. The minimum absolute atomic E-state index is 0.0176. The molecule has 210 valence electrons. The van der Waals surface area contributed by atoms with Crippen molar-refractivity contribution in [2.75, 3.05) is 5.75 Å². The van der Waals surface area contributed by atoms with Crippen molar-refractivity contribution in [3.8, 4) is 0 Å². The van der Waals surface area contributed by atoms with E-state index in [1.165, 1.54) is 4.31 Å². The van der Waals surface area contributed by atoms with E-state index in [9.17, 15) is 13.2 Å². The van der Waals surface area contributed by atoms with Crippen LogP contribution in [0.25, 0.3) is 11.0 Å². The number of aromatic nitrogens is 2. The van der Waals surface area contributed by atoms with Crippen molar-refractivity contribution in [2.24, 2.45) is 23.8 Å². The van der Waals surface area contributed by atoms with Crippen LogP contribution in [0.5, 0.6) is 0 Å². The second-order valence-corrected chi connectivity index (χ2v) is 21.0. The molecule has 2 heterocycles. The maximum absolute atomic E-state index is 14.1. The standard InChI is InChI=1S/C29H45N3O4SSi/c1-19-30-21-16-20(10-11-22(21)31(19)7)23(36-38(8,9)27(2,3)4)17-26(33)32-25-13-14-28(5,6)24-12-15-29(24,25)18-37(32,34)35/h10-11,16,23-25H,12-15,17-18H2,1-9H3/t23-,24?,25+,29-/m0/s1. The number of nitrogens with zero attached hydrogens (tertiary/aromatic N) is 3. The molecule has 3 aliphatic rings. The van der Waals surface area contributed by atoms with Crippen LogP contribution < -0.4 is 0 Å². The molecule has 2 saturated carbocycles. The Morgan fingerprint density at radius 2 is 1.89 bits per heavy atom. The van der Waals surface area contributed by atoms with E-state index in [-0.39, 0.29) is 40.0 Å². The first-order valence-corrected chi connectivity index (χ1v) is 18.6. The van der Waals surface area contributed by atoms with Gasteiger partial charge in [0.05, 0.1) is 35.4 Å². The minimum Gasteiger partial charge on any atom is -0.409 e. The molecule has 7 nitrogen and oxygen atoms in total. The van der Waals surface area contributed by atoms with Crippen LogP contribution in [0.1, 0.15) is 84.2 Å². The fraction of sp³-hybridized carbons (Fsp3) is 0.724. The van der Waals surface area contributed by atoms with Crippen LogP contribution in [-0.4, -0.2) is 48.3 Å². The number of carbonyl (C=O) groups excluding carboxylic acids is 1. The van der Waals surface area contributed by atoms with Crippen molar-refractivity contribution in [3.63, 3.8) is 0 Å². The Kier molecular flexibility index (Phi) is 6.33. The Balaban J connectivity index is 1.50. The normalized spacial score (nSPS) is 29.0. The highest BCUT2D eigenvalue weighted by Gasteiger charge is 2.68. The summed E-state index contributed by atoms with van der Waals surface area (Å²) in [6, 6.07) is 5.83. The van der Waals surface area contributed by atoms with Crippen LogP contribution in [0.15, 0.2) is 18.2 Å². The molecule has 1 spiro atoms. The molecule has 1 unspecified atom stereocenters. The minimum atomic E-state index is -3.67. The van der Waals surface area contributed by atoms with Gasteiger partial charge >= 0.3 is 0 Å². The van der Waals surface area contributed by atoms with Gasteiger partial charge in [-0.3, -0.25) is 4.79 Å². The second-order valence-electron chi connectivity index (χ2n) is 14.4. The third kappa shape index (κ3) is 4.18. The van der Waals surface area contributed by atoms with Crippen LogP contribution >= 0.6 is 0 Å². The van der Waals surface area contributed by atoms with Crippen molar-refractivity contribution in [2.45, 2.75) is 104 Å². The van der Waals surface area contributed by atoms with Gasteiger partial charge in [-0.15, -0.1) is 0 Å². The number of imidazole rings is 1. The summed E-state index contributed by atoms with van der Waals surface area (Å²) in [5.41, 5.74) is 2.60. The van der Waals surface area contributed by atoms with E-state index in [1.54, 1.807) is 0 Å². The smallest absolute Gasteiger partial charge is 0.239 e. The zero-order valence-electron chi connectivity index (χ0n) is 24.6. The number of hydrogen-bond donors (Lipinski definition) is 0. The molecular formula is C29H45N3O4SSi. The summed E-state index contributed by atoms with van der Waals surface area (Å²) >= 11 is 0. The fourth-order valence-corrected chi connectivity index (χ4v) is 11.0. The SMILES string of the molecule is Cc1nc2cc([C@H](CC(=O)N3[C@@H]4CCC(C)(C)C5CC[C@]54CS3(=O)=O)O[Si](C)(C)C(C)(C)C)ccc2n1C. The molecule has 2 aliphatic carbocycles. The molecular weight excluding hydrogens is 514 g/mol. The third-order valence-corrected chi connectivity index (χ3v) is 17.1. The molecule has 4 atom stereocenters. The molecule has 1 aromatic heterocycles. The molecule has 1 aliphatic heterocycles. The second kappa shape index (κ2) is 8.64. The summed E-state index contributed by atoms with van der Waals surface area (Å²) in [6.45, 7) is 17.4. The number of benzene rings is 1. The van der Waals surface area contributed by atoms with Gasteiger partial charge in [0.1, 0.15) is 5.82 Å². The van der Waals surface area contributed by atoms with Crippen molar-refractivity contribution in [1.82, 2.24) is 13.9 Å². The predicted octanol–water partition coefficient (Wildman–Crippen LogP) is 6.09. The lowest BCUT2D eigenvalue weighted by atomic mass is 9.45. The number of sulfonamides is 1. The van der Waals surface area contributed by atoms with Gasteiger partial charge in [-0.1, -0.05) is 40.7 Å². The molecule has 38 heavy (non-hydrogen) atoms. The number of aryl methyl sites for hydroxylation is 2. The van der Waals surface area contributed by atoms with Gasteiger partial charge in [0.15, 0.2) is 8.32 Å². The van der Waals surface area contributed by atoms with E-state index in [4.69, 9.17) is 9.41 Å². The number of amides is 1. The molecule has 1 aromatic carbocycles. The molecule has 9 heteroatoms. The first-order chi connectivity index (χ1) is 17.4. The Bertz CT molecular complexity index is 1390. The van der Waals surface area contributed by atoms with Gasteiger partial charge in [0, 0.05) is 12.5 Å². The lowest BCUT2D eigenvalue weighted by molar-refractivity contribution is -0.143. The lowest BCUT2D eigenvalue weighted by Gasteiger charge is -2.60. The number of carbonyl (C=O) groups is 1. The largest absolute Gasteiger partial charge is 0.409 e. The van der Waals surface area contributed by atoms with Crippen molar-refractivity contribution < 1.29 is 17.6 Å². The summed E-state index contributed by atoms with van der Waals surface area (Å²) in [6.07, 6.45) is 3.14. The van der Waals surface area contributed by atoms with E-state index >= 15 is 0 Å². The maximum Gasteiger partial charge on any atom is 0.239 e. The third-order valence-electron chi connectivity index (χ3n) is 10.6. The van der Waals surface area contributed by atoms with Gasteiger partial charge < -0.3 is 8.99 Å². The van der Waals surface area contributed by atoms with Crippen LogP contribution in [0.3, 0.4) is 0 Å². The van der Waals surface area contributed by atoms with E-state index in [2.05, 4.69) is 47.7 Å². The van der Waals surface area contributed by atoms with E-state index < -0.39 is 24.4 Å². The molecule has 5 rings (SSSR count). The molecule has 1 saturated heterocycles. The Labute approximate surface area is 229 Å². The maximum atomic E-state index is 14.1. The van der Waals surface area contributed by atoms with Crippen molar-refractivity contribution in [1.29, 1.82) is 0 Å². The quantitative estimate of drug-likeness (QED) is 0.414. The van der Waals surface area contributed by atoms with Gasteiger partial charge in [-0.2, -0.15) is 0 Å². The molecule has 0 N–H and O–H groups in total. The summed E-state index contributed by atoms with van der Waals surface area (Å²) < 4.78 is 37.4. The van der Waals surface area contributed by atoms with Gasteiger partial charge in [0.2, 0.25) is 15.9 Å². The Morgan fingerprint density at radius 3 is 2.50 bits per heavy atom. The monoisotopic (exact) mass is 559 g/mol. The fourth-order valence-electron chi connectivity index (χ4n) is 7.30. The van der Waals surface area contributed by atoms with Crippen LogP contribution in [-0.2, 0) is 26.3 Å². The van der Waals surface area contributed by atoms with E-state index in [0.29, 0.717) is 5.92 Å². The van der Waals surface area contributed by atoms with E-state index in [0.717, 1.165) is 48.1 Å². The van der Waals surface area contributed by atoms with Crippen LogP contribution in [0.2, 0.25) is 18.1 Å². The van der Waals surface area contributed by atoms with Crippen LogP contribution in [0, 0.1) is 23.7 Å². The molecule has 3 fully saturated rings. The molecule has 2 aromatic rings. The zero-order chi connectivity index (χ0) is 28.1. The number of fused-ring (bicyclic) bond motifs is 1. The van der Waals surface area contributed by atoms with Crippen molar-refractivity contribution >= 4 is 35.3 Å². The Morgan fingerprint density at radius 1 is 1.21 bits per heavy atom. The zero-order valence-corrected chi connectivity index (χ0v) is 26.4. The summed E-state index contributed by atoms with van der Waals surface area (Å²) in [4.78, 5) is 18.8. The Hall–Kier alpha value is -1.71. The highest BCUT2D eigenvalue weighted by Crippen LogP contribution is 2.66. The molecule has 0 radical (unpaired) electrons. The average molecular weight is 560 g/mol. The summed E-state index contributed by atoms with van der Waals surface area (Å²) in [7, 11) is -3.96. The first kappa shape index (κ1) is 27.8. The van der Waals surface area contributed by atoms with Gasteiger partial charge in [-0.05, 0) is 79.8 Å². The molecule has 1 amide bonds. The first-order valence-electron chi connectivity index (χ1n) is 14.1. The van der Waals surface area contributed by atoms with Crippen molar-refractivity contribution in [3.05, 3.63) is 29.6 Å². The number of hydrogen-bond acceptors (Lipinski definition) is 5. The molecule has 0 bridgehead atoms. The van der Waals surface area contributed by atoms with Gasteiger partial charge in [-0.25, -0.2) is 17.7 Å². The van der Waals surface area contributed by atoms with Crippen LogP contribution in [0.4, 0.5) is 0 Å². The topological polar surface area (TPSA) is 81.5 Å². The predicted molar refractivity (Wildman–Crippen MR) is 154 cm³/mol. The highest BCUT2D eigenvalue weighted by molar-refractivity contribution is 7.90.